The van der Waals surface area contributed by atoms with Crippen molar-refractivity contribution >= 4 is 26.0 Å². The van der Waals surface area contributed by atoms with Gasteiger partial charge in [-0.05, 0) is 39.7 Å². The number of aromatic nitrogens is 1. The third-order valence-corrected chi connectivity index (χ3v) is 5.65. The topological polar surface area (TPSA) is 50.3 Å². The van der Waals surface area contributed by atoms with Gasteiger partial charge in [0.1, 0.15) is 0 Å². The van der Waals surface area contributed by atoms with Crippen molar-refractivity contribution in [3.05, 3.63) is 58.3 Å². The van der Waals surface area contributed by atoms with Crippen molar-refractivity contribution < 1.29 is 8.42 Å². The highest BCUT2D eigenvalue weighted by atomic mass is 79.9. The summed E-state index contributed by atoms with van der Waals surface area (Å²) in [5, 5.41) is 0. The summed E-state index contributed by atoms with van der Waals surface area (Å²) in [6, 6.07) is 10.5. The molecule has 2 heterocycles. The number of hydrogen-bond donors (Lipinski definition) is 0. The molecule has 0 fully saturated rings. The largest absolute Gasteiger partial charge is 0.260 e. The summed E-state index contributed by atoms with van der Waals surface area (Å²) < 4.78 is 27.5. The molecule has 4 nitrogen and oxygen atoms in total. The first kappa shape index (κ1) is 13.7. The molecular formula is C14H13BrN2O2S. The lowest BCUT2D eigenvalue weighted by Gasteiger charge is -2.27. The Kier molecular flexibility index (Phi) is 3.62. The normalized spacial score (nSPS) is 15.8. The first-order chi connectivity index (χ1) is 9.57. The van der Waals surface area contributed by atoms with Crippen LogP contribution in [0.4, 0.5) is 0 Å². The van der Waals surface area contributed by atoms with Gasteiger partial charge in [-0.25, -0.2) is 8.42 Å². The average Bonchev–Trinajstić information content (AvgIpc) is 2.47. The summed E-state index contributed by atoms with van der Waals surface area (Å²) in [5.74, 6) is 0. The molecule has 0 saturated carbocycles. The molecular weight excluding hydrogens is 340 g/mol. The van der Waals surface area contributed by atoms with Gasteiger partial charge < -0.3 is 0 Å². The van der Waals surface area contributed by atoms with Gasteiger partial charge in [0.25, 0.3) is 0 Å². The van der Waals surface area contributed by atoms with E-state index < -0.39 is 10.0 Å². The highest BCUT2D eigenvalue weighted by molar-refractivity contribution is 9.10. The van der Waals surface area contributed by atoms with Crippen LogP contribution in [0.1, 0.15) is 11.3 Å². The molecule has 0 unspecified atom stereocenters. The van der Waals surface area contributed by atoms with E-state index in [4.69, 9.17) is 0 Å². The number of nitrogens with zero attached hydrogens (tertiary/aromatic N) is 2. The molecule has 0 amide bonds. The number of rotatable bonds is 2. The monoisotopic (exact) mass is 352 g/mol. The molecule has 0 atom stereocenters. The van der Waals surface area contributed by atoms with Crippen LogP contribution in [0, 0.1) is 0 Å². The number of sulfonamides is 1. The lowest BCUT2D eigenvalue weighted by Crippen LogP contribution is -2.36. The minimum atomic E-state index is -3.43. The molecule has 0 aliphatic carbocycles. The molecule has 0 radical (unpaired) electrons. The minimum absolute atomic E-state index is 0.339. The van der Waals surface area contributed by atoms with E-state index in [1.807, 2.05) is 12.1 Å². The number of pyridine rings is 1. The van der Waals surface area contributed by atoms with Crippen LogP contribution >= 0.6 is 15.9 Å². The Balaban J connectivity index is 1.94. The second-order valence-corrected chi connectivity index (χ2v) is 7.51. The molecule has 1 aromatic heterocycles. The zero-order chi connectivity index (χ0) is 14.2. The summed E-state index contributed by atoms with van der Waals surface area (Å²) in [4.78, 5) is 4.68. The molecule has 0 saturated heterocycles. The zero-order valence-electron chi connectivity index (χ0n) is 10.7. The van der Waals surface area contributed by atoms with Gasteiger partial charge in [-0.3, -0.25) is 4.98 Å². The van der Waals surface area contributed by atoms with E-state index in [1.165, 1.54) is 4.31 Å². The molecule has 20 heavy (non-hydrogen) atoms. The average molecular weight is 353 g/mol. The van der Waals surface area contributed by atoms with E-state index in [0.717, 1.165) is 15.7 Å². The SMILES string of the molecule is O=S(=O)(c1ccccc1)N1CCc2ncc(Br)cc2C1. The Hall–Kier alpha value is -1.24. The summed E-state index contributed by atoms with van der Waals surface area (Å²) in [6.45, 7) is 0.845. The van der Waals surface area contributed by atoms with E-state index >= 15 is 0 Å². The van der Waals surface area contributed by atoms with Gasteiger partial charge in [0.05, 0.1) is 4.90 Å². The maximum absolute atomic E-state index is 12.6. The highest BCUT2D eigenvalue weighted by Gasteiger charge is 2.28. The Bertz CT molecular complexity index is 732. The molecule has 2 aromatic rings. The maximum atomic E-state index is 12.6. The van der Waals surface area contributed by atoms with Crippen molar-refractivity contribution in [1.29, 1.82) is 0 Å². The van der Waals surface area contributed by atoms with Crippen molar-refractivity contribution in [3.8, 4) is 0 Å². The van der Waals surface area contributed by atoms with Crippen molar-refractivity contribution in [2.45, 2.75) is 17.9 Å². The molecule has 3 rings (SSSR count). The van der Waals surface area contributed by atoms with Gasteiger partial charge in [0.15, 0.2) is 0 Å². The van der Waals surface area contributed by atoms with Crippen LogP contribution in [0.2, 0.25) is 0 Å². The van der Waals surface area contributed by atoms with Crippen molar-refractivity contribution in [1.82, 2.24) is 9.29 Å². The van der Waals surface area contributed by atoms with Crippen LogP contribution in [0.15, 0.2) is 52.0 Å². The van der Waals surface area contributed by atoms with E-state index in [1.54, 1.807) is 30.5 Å². The van der Waals surface area contributed by atoms with Gasteiger partial charge in [0, 0.05) is 35.9 Å². The van der Waals surface area contributed by atoms with Gasteiger partial charge in [0.2, 0.25) is 10.0 Å². The quantitative estimate of drug-likeness (QED) is 0.834. The van der Waals surface area contributed by atoms with E-state index in [0.29, 0.717) is 24.4 Å². The Morgan fingerprint density at radius 2 is 1.95 bits per heavy atom. The molecule has 6 heteroatoms. The lowest BCUT2D eigenvalue weighted by molar-refractivity contribution is 0.387. The lowest BCUT2D eigenvalue weighted by atomic mass is 10.1. The molecule has 1 aliphatic rings. The fourth-order valence-electron chi connectivity index (χ4n) is 2.32. The van der Waals surface area contributed by atoms with Gasteiger partial charge in [-0.1, -0.05) is 18.2 Å². The second kappa shape index (κ2) is 5.27. The fraction of sp³-hybridized carbons (Fsp3) is 0.214. The molecule has 0 spiro atoms. The molecule has 1 aliphatic heterocycles. The van der Waals surface area contributed by atoms with E-state index in [2.05, 4.69) is 20.9 Å². The zero-order valence-corrected chi connectivity index (χ0v) is 13.1. The maximum Gasteiger partial charge on any atom is 0.243 e. The highest BCUT2D eigenvalue weighted by Crippen LogP contribution is 2.25. The molecule has 1 aromatic carbocycles. The Morgan fingerprint density at radius 1 is 1.20 bits per heavy atom. The van der Waals surface area contributed by atoms with Gasteiger partial charge in [-0.15, -0.1) is 0 Å². The predicted octanol–water partition coefficient (Wildman–Crippen LogP) is 2.59. The summed E-state index contributed by atoms with van der Waals surface area (Å²) in [7, 11) is -3.43. The first-order valence-corrected chi connectivity index (χ1v) is 8.49. The van der Waals surface area contributed by atoms with Crippen LogP contribution in [0.5, 0.6) is 0 Å². The summed E-state index contributed by atoms with van der Waals surface area (Å²) in [5.41, 5.74) is 1.94. The molecule has 0 bridgehead atoms. The van der Waals surface area contributed by atoms with Gasteiger partial charge in [-0.2, -0.15) is 4.31 Å². The Morgan fingerprint density at radius 3 is 2.70 bits per heavy atom. The number of benzene rings is 1. The van der Waals surface area contributed by atoms with E-state index in [-0.39, 0.29) is 0 Å². The van der Waals surface area contributed by atoms with Crippen molar-refractivity contribution in [2.75, 3.05) is 6.54 Å². The first-order valence-electron chi connectivity index (χ1n) is 6.26. The van der Waals surface area contributed by atoms with Gasteiger partial charge >= 0.3 is 0 Å². The molecule has 0 N–H and O–H groups in total. The van der Waals surface area contributed by atoms with Crippen LogP contribution in [-0.2, 0) is 23.0 Å². The van der Waals surface area contributed by atoms with Crippen molar-refractivity contribution in [2.24, 2.45) is 0 Å². The van der Waals surface area contributed by atoms with Crippen LogP contribution < -0.4 is 0 Å². The number of fused-ring (bicyclic) bond motifs is 1. The molecule has 104 valence electrons. The number of halogens is 1. The third kappa shape index (κ3) is 2.51. The Labute approximate surface area is 126 Å². The standard InChI is InChI=1S/C14H13BrN2O2S/c15-12-8-11-10-17(7-6-14(11)16-9-12)20(18,19)13-4-2-1-3-5-13/h1-5,8-9H,6-7,10H2. The smallest absolute Gasteiger partial charge is 0.243 e. The van der Waals surface area contributed by atoms with Crippen LogP contribution in [0.3, 0.4) is 0 Å². The van der Waals surface area contributed by atoms with Crippen molar-refractivity contribution in [3.63, 3.8) is 0 Å². The summed E-state index contributed by atoms with van der Waals surface area (Å²) in [6.07, 6.45) is 2.40. The minimum Gasteiger partial charge on any atom is -0.260 e. The number of hydrogen-bond acceptors (Lipinski definition) is 3. The second-order valence-electron chi connectivity index (χ2n) is 4.66. The van der Waals surface area contributed by atoms with E-state index in [9.17, 15) is 8.42 Å². The summed E-state index contributed by atoms with van der Waals surface area (Å²) >= 11 is 3.38. The van der Waals surface area contributed by atoms with Crippen LogP contribution in [-0.4, -0.2) is 24.3 Å². The third-order valence-electron chi connectivity index (χ3n) is 3.35. The fourth-order valence-corrected chi connectivity index (χ4v) is 4.14. The predicted molar refractivity (Wildman–Crippen MR) is 79.7 cm³/mol. The van der Waals surface area contributed by atoms with Crippen LogP contribution in [0.25, 0.3) is 0 Å².